The molecule has 4 fully saturated rings. The number of hydrogen-bond donors (Lipinski definition) is 3. The van der Waals surface area contributed by atoms with Gasteiger partial charge in [-0.15, -0.1) is 0 Å². The standard InChI is InChI=1S/C28H43F2NO3/c1-18(16-31-13-5-12-28(34,17-31)26(29)30)22-9-10-23-21(6-4-11-27(22,23)3)8-7-20-14-24(32)19(2)25(33)15-20/h7-8,18,22-26,32-34H,2,4-6,9-17H2,1,3H3/b21-8+/t18-,22-,23+,24-,25-,27-,28?/m1/s1. The normalized spacial score (nSPS) is 41.7. The van der Waals surface area contributed by atoms with Gasteiger partial charge in [0.15, 0.2) is 0 Å². The van der Waals surface area contributed by atoms with Gasteiger partial charge in [0.1, 0.15) is 5.60 Å². The van der Waals surface area contributed by atoms with E-state index in [1.165, 1.54) is 12.0 Å². The Morgan fingerprint density at radius 3 is 2.50 bits per heavy atom. The van der Waals surface area contributed by atoms with Gasteiger partial charge in [-0.25, -0.2) is 8.78 Å². The van der Waals surface area contributed by atoms with Crippen LogP contribution in [0.25, 0.3) is 0 Å². The van der Waals surface area contributed by atoms with E-state index < -0.39 is 24.2 Å². The highest BCUT2D eigenvalue weighted by atomic mass is 19.3. The van der Waals surface area contributed by atoms with Crippen molar-refractivity contribution in [3.05, 3.63) is 35.5 Å². The summed E-state index contributed by atoms with van der Waals surface area (Å²) in [6.45, 7) is 10.1. The third kappa shape index (κ3) is 5.07. The van der Waals surface area contributed by atoms with Crippen LogP contribution in [0.3, 0.4) is 0 Å². The molecule has 0 radical (unpaired) electrons. The Morgan fingerprint density at radius 1 is 1.12 bits per heavy atom. The smallest absolute Gasteiger partial charge is 0.268 e. The Balaban J connectivity index is 1.43. The van der Waals surface area contributed by atoms with Gasteiger partial charge in [0, 0.05) is 13.1 Å². The first-order valence-electron chi connectivity index (χ1n) is 13.2. The number of aliphatic hydroxyl groups excluding tert-OH is 2. The predicted molar refractivity (Wildman–Crippen MR) is 131 cm³/mol. The molecule has 7 atom stereocenters. The van der Waals surface area contributed by atoms with E-state index in [1.54, 1.807) is 0 Å². The molecular formula is C28H43F2NO3. The fraction of sp³-hybridized carbons (Fsp3) is 0.786. The number of allylic oxidation sites excluding steroid dienone is 3. The van der Waals surface area contributed by atoms with E-state index in [-0.39, 0.29) is 18.4 Å². The summed E-state index contributed by atoms with van der Waals surface area (Å²) in [5, 5.41) is 30.7. The number of aliphatic hydroxyl groups is 3. The number of hydrogen-bond acceptors (Lipinski definition) is 4. The molecule has 0 bridgehead atoms. The fourth-order valence-electron chi connectivity index (χ4n) is 7.66. The largest absolute Gasteiger partial charge is 0.388 e. The average molecular weight is 480 g/mol. The summed E-state index contributed by atoms with van der Waals surface area (Å²) in [6, 6.07) is 0. The molecule has 4 aliphatic rings. The fourth-order valence-corrected chi connectivity index (χ4v) is 7.66. The number of nitrogens with zero attached hydrogens (tertiary/aromatic N) is 1. The number of β-amino-alcohol motifs (C(OH)–C–C–N with tert-alkyl or cyclic N) is 1. The summed E-state index contributed by atoms with van der Waals surface area (Å²) in [4.78, 5) is 2.06. The van der Waals surface area contributed by atoms with E-state index >= 15 is 0 Å². The van der Waals surface area contributed by atoms with E-state index in [0.29, 0.717) is 42.6 Å². The maximum absolute atomic E-state index is 13.4. The highest BCUT2D eigenvalue weighted by Gasteiger charge is 2.51. The molecule has 0 aromatic heterocycles. The second-order valence-corrected chi connectivity index (χ2v) is 11.9. The van der Waals surface area contributed by atoms with Crippen LogP contribution in [0.4, 0.5) is 8.78 Å². The van der Waals surface area contributed by atoms with E-state index in [0.717, 1.165) is 44.3 Å². The molecule has 6 heteroatoms. The zero-order chi connectivity index (χ0) is 24.7. The SMILES string of the molecule is C=C1[C@H](O)CC(=C/C=C2\CCC[C@]3(C)[C@@H]([C@H](C)CN4CCCC(O)(C(F)F)C4)CC[C@@H]23)C[C@H]1O. The molecule has 0 spiro atoms. The van der Waals surface area contributed by atoms with Gasteiger partial charge in [0.05, 0.1) is 12.2 Å². The summed E-state index contributed by atoms with van der Waals surface area (Å²) in [6.07, 6.45) is 8.00. The lowest BCUT2D eigenvalue weighted by atomic mass is 9.61. The molecule has 3 aliphatic carbocycles. The van der Waals surface area contributed by atoms with Crippen molar-refractivity contribution in [3.8, 4) is 0 Å². The number of likely N-dealkylation sites (tertiary alicyclic amines) is 1. The molecule has 1 aliphatic heterocycles. The molecule has 3 N–H and O–H groups in total. The predicted octanol–water partition coefficient (Wildman–Crippen LogP) is 4.86. The Hall–Kier alpha value is -1.08. The van der Waals surface area contributed by atoms with Gasteiger partial charge in [0.25, 0.3) is 6.43 Å². The Morgan fingerprint density at radius 2 is 1.82 bits per heavy atom. The van der Waals surface area contributed by atoms with Gasteiger partial charge < -0.3 is 15.3 Å². The quantitative estimate of drug-likeness (QED) is 0.493. The molecule has 1 saturated heterocycles. The third-order valence-corrected chi connectivity index (χ3v) is 9.56. The number of fused-ring (bicyclic) bond motifs is 1. The first kappa shape index (κ1) is 26.0. The molecular weight excluding hydrogens is 436 g/mol. The molecule has 0 aromatic rings. The molecule has 4 rings (SSSR count). The molecule has 1 heterocycles. The first-order valence-corrected chi connectivity index (χ1v) is 13.2. The molecule has 192 valence electrons. The van der Waals surface area contributed by atoms with Gasteiger partial charge >= 0.3 is 0 Å². The van der Waals surface area contributed by atoms with Crippen molar-refractivity contribution in [3.63, 3.8) is 0 Å². The van der Waals surface area contributed by atoms with Gasteiger partial charge in [-0.05, 0) is 93.1 Å². The minimum atomic E-state index is -2.69. The molecule has 0 aromatic carbocycles. The highest BCUT2D eigenvalue weighted by molar-refractivity contribution is 5.29. The summed E-state index contributed by atoms with van der Waals surface area (Å²) in [5.41, 5.74) is 1.42. The molecule has 1 unspecified atom stereocenters. The minimum absolute atomic E-state index is 0.0741. The molecule has 4 nitrogen and oxygen atoms in total. The second kappa shape index (κ2) is 10.1. The topological polar surface area (TPSA) is 63.9 Å². The van der Waals surface area contributed by atoms with Crippen LogP contribution in [0, 0.1) is 23.2 Å². The Kier molecular flexibility index (Phi) is 7.74. The lowest BCUT2D eigenvalue weighted by Crippen LogP contribution is -2.54. The van der Waals surface area contributed by atoms with Gasteiger partial charge in [-0.2, -0.15) is 0 Å². The van der Waals surface area contributed by atoms with Crippen LogP contribution in [-0.4, -0.2) is 64.1 Å². The van der Waals surface area contributed by atoms with Crippen LogP contribution in [0.15, 0.2) is 35.5 Å². The monoisotopic (exact) mass is 479 g/mol. The second-order valence-electron chi connectivity index (χ2n) is 11.9. The van der Waals surface area contributed by atoms with Crippen LogP contribution in [0.5, 0.6) is 0 Å². The highest BCUT2D eigenvalue weighted by Crippen LogP contribution is 2.59. The summed E-state index contributed by atoms with van der Waals surface area (Å²) in [5.74, 6) is 1.46. The van der Waals surface area contributed by atoms with Gasteiger partial charge in [0.2, 0.25) is 0 Å². The number of alkyl halides is 2. The minimum Gasteiger partial charge on any atom is -0.388 e. The average Bonchev–Trinajstić information content (AvgIpc) is 3.13. The lowest BCUT2D eigenvalue weighted by molar-refractivity contribution is -0.133. The van der Waals surface area contributed by atoms with Crippen LogP contribution in [0.1, 0.15) is 71.6 Å². The van der Waals surface area contributed by atoms with Crippen molar-refractivity contribution in [1.82, 2.24) is 4.90 Å². The van der Waals surface area contributed by atoms with Crippen molar-refractivity contribution in [1.29, 1.82) is 0 Å². The van der Waals surface area contributed by atoms with E-state index in [1.807, 2.05) is 0 Å². The summed E-state index contributed by atoms with van der Waals surface area (Å²) in [7, 11) is 0. The Bertz CT molecular complexity index is 810. The van der Waals surface area contributed by atoms with Crippen molar-refractivity contribution in [2.75, 3.05) is 19.6 Å². The molecule has 0 amide bonds. The Labute approximate surface area is 203 Å². The van der Waals surface area contributed by atoms with Crippen LogP contribution < -0.4 is 0 Å². The number of rotatable bonds is 5. The van der Waals surface area contributed by atoms with Crippen molar-refractivity contribution >= 4 is 0 Å². The molecule has 34 heavy (non-hydrogen) atoms. The number of halogens is 2. The van der Waals surface area contributed by atoms with Crippen LogP contribution in [-0.2, 0) is 0 Å². The van der Waals surface area contributed by atoms with E-state index in [4.69, 9.17) is 0 Å². The van der Waals surface area contributed by atoms with E-state index in [2.05, 4.69) is 37.5 Å². The maximum Gasteiger partial charge on any atom is 0.268 e. The van der Waals surface area contributed by atoms with Crippen molar-refractivity contribution in [2.45, 2.75) is 95.9 Å². The summed E-state index contributed by atoms with van der Waals surface area (Å²) < 4.78 is 26.8. The maximum atomic E-state index is 13.4. The zero-order valence-corrected chi connectivity index (χ0v) is 20.9. The zero-order valence-electron chi connectivity index (χ0n) is 20.9. The number of piperidine rings is 1. The van der Waals surface area contributed by atoms with Crippen LogP contribution in [0.2, 0.25) is 0 Å². The summed E-state index contributed by atoms with van der Waals surface area (Å²) >= 11 is 0. The lowest BCUT2D eigenvalue weighted by Gasteiger charge is -2.46. The third-order valence-electron chi connectivity index (χ3n) is 9.56. The van der Waals surface area contributed by atoms with Crippen LogP contribution >= 0.6 is 0 Å². The molecule has 3 saturated carbocycles. The van der Waals surface area contributed by atoms with Gasteiger partial charge in [-0.3, -0.25) is 4.90 Å². The van der Waals surface area contributed by atoms with Gasteiger partial charge in [-0.1, -0.05) is 43.7 Å². The van der Waals surface area contributed by atoms with E-state index in [9.17, 15) is 24.1 Å². The van der Waals surface area contributed by atoms with Crippen molar-refractivity contribution in [2.24, 2.45) is 23.2 Å². The first-order chi connectivity index (χ1) is 16.0. The van der Waals surface area contributed by atoms with Crippen molar-refractivity contribution < 1.29 is 24.1 Å².